The van der Waals surface area contributed by atoms with E-state index in [0.717, 1.165) is 26.2 Å². The van der Waals surface area contributed by atoms with E-state index in [2.05, 4.69) is 31.0 Å². The monoisotopic (exact) mass is 171 g/mol. The van der Waals surface area contributed by atoms with E-state index in [1.165, 1.54) is 0 Å². The van der Waals surface area contributed by atoms with Gasteiger partial charge in [0.1, 0.15) is 0 Å². The Hall–Kier alpha value is -0.120. The molecule has 0 bridgehead atoms. The third-order valence-electron chi connectivity index (χ3n) is 2.43. The Kier molecular flexibility index (Phi) is 3.09. The van der Waals surface area contributed by atoms with Crippen LogP contribution in [0, 0.1) is 5.41 Å². The van der Waals surface area contributed by atoms with Gasteiger partial charge in [-0.25, -0.2) is 0 Å². The fourth-order valence-corrected chi connectivity index (χ4v) is 1.51. The number of nitrogens with zero attached hydrogens (tertiary/aromatic N) is 1. The van der Waals surface area contributed by atoms with Crippen LogP contribution in [0.2, 0.25) is 0 Å². The van der Waals surface area contributed by atoms with Crippen molar-refractivity contribution in [1.29, 1.82) is 0 Å². The minimum atomic E-state index is 0.192. The molecule has 0 radical (unpaired) electrons. The topological polar surface area (TPSA) is 41.3 Å². The third-order valence-corrected chi connectivity index (χ3v) is 2.43. The van der Waals surface area contributed by atoms with Gasteiger partial charge in [-0.05, 0) is 5.41 Å². The highest BCUT2D eigenvalue weighted by atomic mass is 15.3. The van der Waals surface area contributed by atoms with Crippen LogP contribution in [0.5, 0.6) is 0 Å². The van der Waals surface area contributed by atoms with Crippen molar-refractivity contribution in [2.75, 3.05) is 26.2 Å². The average molecular weight is 171 g/mol. The van der Waals surface area contributed by atoms with Crippen molar-refractivity contribution in [2.45, 2.75) is 26.9 Å². The van der Waals surface area contributed by atoms with E-state index in [0.29, 0.717) is 0 Å². The molecule has 3 N–H and O–H groups in total. The number of hydrogen-bond donors (Lipinski definition) is 2. The molecular weight excluding hydrogens is 150 g/mol. The molecular formula is C9H21N3. The summed E-state index contributed by atoms with van der Waals surface area (Å²) < 4.78 is 0. The predicted octanol–water partition coefficient (Wildman–Crippen LogP) is 0.223. The van der Waals surface area contributed by atoms with E-state index in [-0.39, 0.29) is 11.6 Å². The van der Waals surface area contributed by atoms with Crippen molar-refractivity contribution in [3.8, 4) is 0 Å². The molecule has 1 saturated heterocycles. The van der Waals surface area contributed by atoms with E-state index < -0.39 is 0 Å². The molecule has 1 aliphatic rings. The Morgan fingerprint density at radius 2 is 1.75 bits per heavy atom. The Morgan fingerprint density at radius 1 is 1.25 bits per heavy atom. The predicted molar refractivity (Wildman–Crippen MR) is 51.9 cm³/mol. The van der Waals surface area contributed by atoms with Gasteiger partial charge >= 0.3 is 0 Å². The Morgan fingerprint density at radius 3 is 2.17 bits per heavy atom. The Labute approximate surface area is 75.3 Å². The molecule has 0 spiro atoms. The van der Waals surface area contributed by atoms with Crippen molar-refractivity contribution in [3.63, 3.8) is 0 Å². The lowest BCUT2D eigenvalue weighted by Gasteiger charge is -2.39. The smallest absolute Gasteiger partial charge is 0.0622 e. The van der Waals surface area contributed by atoms with Crippen LogP contribution in [0.4, 0.5) is 0 Å². The van der Waals surface area contributed by atoms with Crippen LogP contribution < -0.4 is 11.1 Å². The normalized spacial score (nSPS) is 24.0. The largest absolute Gasteiger partial charge is 0.315 e. The molecule has 1 aliphatic heterocycles. The lowest BCUT2D eigenvalue weighted by Crippen LogP contribution is -2.56. The maximum absolute atomic E-state index is 6.12. The first-order valence-electron chi connectivity index (χ1n) is 4.72. The highest BCUT2D eigenvalue weighted by Crippen LogP contribution is 2.20. The van der Waals surface area contributed by atoms with Gasteiger partial charge in [-0.15, -0.1) is 0 Å². The summed E-state index contributed by atoms with van der Waals surface area (Å²) in [5, 5.41) is 3.32. The van der Waals surface area contributed by atoms with Gasteiger partial charge in [0.15, 0.2) is 0 Å². The standard InChI is InChI=1S/C9H21N3/c1-9(2,3)8(10)12-6-4-11-5-7-12/h8,11H,4-7,10H2,1-3H3. The zero-order valence-electron chi connectivity index (χ0n) is 8.43. The summed E-state index contributed by atoms with van der Waals surface area (Å²) in [4.78, 5) is 2.36. The summed E-state index contributed by atoms with van der Waals surface area (Å²) in [6.07, 6.45) is 0.194. The molecule has 1 fully saturated rings. The van der Waals surface area contributed by atoms with E-state index in [1.54, 1.807) is 0 Å². The minimum absolute atomic E-state index is 0.192. The highest BCUT2D eigenvalue weighted by molar-refractivity contribution is 4.80. The number of hydrogen-bond acceptors (Lipinski definition) is 3. The number of nitrogens with one attached hydrogen (secondary N) is 1. The average Bonchev–Trinajstić information content (AvgIpc) is 2.03. The first-order valence-corrected chi connectivity index (χ1v) is 4.72. The van der Waals surface area contributed by atoms with Gasteiger partial charge in [0.05, 0.1) is 6.17 Å². The summed E-state index contributed by atoms with van der Waals surface area (Å²) >= 11 is 0. The lowest BCUT2D eigenvalue weighted by atomic mass is 9.91. The van der Waals surface area contributed by atoms with Crippen LogP contribution in [0.3, 0.4) is 0 Å². The Balaban J connectivity index is 2.45. The van der Waals surface area contributed by atoms with E-state index >= 15 is 0 Å². The van der Waals surface area contributed by atoms with Crippen molar-refractivity contribution in [2.24, 2.45) is 11.1 Å². The molecule has 0 amide bonds. The molecule has 1 rings (SSSR count). The van der Waals surface area contributed by atoms with Gasteiger partial charge < -0.3 is 11.1 Å². The van der Waals surface area contributed by atoms with Gasteiger partial charge in [-0.3, -0.25) is 4.90 Å². The maximum Gasteiger partial charge on any atom is 0.0622 e. The van der Waals surface area contributed by atoms with Crippen LogP contribution >= 0.6 is 0 Å². The molecule has 1 unspecified atom stereocenters. The van der Waals surface area contributed by atoms with Crippen LogP contribution in [-0.4, -0.2) is 37.2 Å². The van der Waals surface area contributed by atoms with Gasteiger partial charge in [0.25, 0.3) is 0 Å². The van der Waals surface area contributed by atoms with Gasteiger partial charge in [-0.2, -0.15) is 0 Å². The first kappa shape index (κ1) is 9.96. The molecule has 0 aromatic carbocycles. The summed E-state index contributed by atoms with van der Waals surface area (Å²) in [6, 6.07) is 0. The second-order valence-corrected chi connectivity index (χ2v) is 4.60. The SMILES string of the molecule is CC(C)(C)C(N)N1CCNCC1. The fraction of sp³-hybridized carbons (Fsp3) is 1.00. The molecule has 0 saturated carbocycles. The summed E-state index contributed by atoms with van der Waals surface area (Å²) in [6.45, 7) is 10.9. The zero-order valence-corrected chi connectivity index (χ0v) is 8.43. The summed E-state index contributed by atoms with van der Waals surface area (Å²) in [7, 11) is 0. The summed E-state index contributed by atoms with van der Waals surface area (Å²) in [5.41, 5.74) is 6.32. The second kappa shape index (κ2) is 3.73. The first-order chi connectivity index (χ1) is 5.52. The van der Waals surface area contributed by atoms with Gasteiger partial charge in [0, 0.05) is 26.2 Å². The van der Waals surface area contributed by atoms with Crippen LogP contribution in [0.25, 0.3) is 0 Å². The molecule has 1 heterocycles. The molecule has 1 atom stereocenters. The molecule has 0 aliphatic carbocycles. The van der Waals surface area contributed by atoms with Crippen molar-refractivity contribution >= 4 is 0 Å². The van der Waals surface area contributed by atoms with Gasteiger partial charge in [-0.1, -0.05) is 20.8 Å². The van der Waals surface area contributed by atoms with Crippen molar-refractivity contribution < 1.29 is 0 Å². The van der Waals surface area contributed by atoms with E-state index in [9.17, 15) is 0 Å². The molecule has 3 nitrogen and oxygen atoms in total. The molecule has 3 heteroatoms. The molecule has 0 aromatic heterocycles. The van der Waals surface area contributed by atoms with Crippen molar-refractivity contribution in [3.05, 3.63) is 0 Å². The number of piperazine rings is 1. The van der Waals surface area contributed by atoms with Crippen molar-refractivity contribution in [1.82, 2.24) is 10.2 Å². The quantitative estimate of drug-likeness (QED) is 0.593. The lowest BCUT2D eigenvalue weighted by molar-refractivity contribution is 0.0909. The number of rotatable bonds is 1. The van der Waals surface area contributed by atoms with E-state index in [1.807, 2.05) is 0 Å². The van der Waals surface area contributed by atoms with Crippen LogP contribution in [0.15, 0.2) is 0 Å². The second-order valence-electron chi connectivity index (χ2n) is 4.60. The van der Waals surface area contributed by atoms with Gasteiger partial charge in [0.2, 0.25) is 0 Å². The third kappa shape index (κ3) is 2.44. The summed E-state index contributed by atoms with van der Waals surface area (Å²) in [5.74, 6) is 0. The van der Waals surface area contributed by atoms with Crippen LogP contribution in [0.1, 0.15) is 20.8 Å². The maximum atomic E-state index is 6.12. The van der Waals surface area contributed by atoms with Crippen LogP contribution in [-0.2, 0) is 0 Å². The highest BCUT2D eigenvalue weighted by Gasteiger charge is 2.27. The minimum Gasteiger partial charge on any atom is -0.315 e. The number of nitrogens with two attached hydrogens (primary N) is 1. The molecule has 0 aromatic rings. The van der Waals surface area contributed by atoms with E-state index in [4.69, 9.17) is 5.73 Å². The molecule has 12 heavy (non-hydrogen) atoms. The molecule has 72 valence electrons. The fourth-order valence-electron chi connectivity index (χ4n) is 1.51. The Bertz CT molecular complexity index is 133. The zero-order chi connectivity index (χ0) is 9.19.